The van der Waals surface area contributed by atoms with Crippen LogP contribution in [-0.2, 0) is 22.3 Å². The molecule has 1 atom stereocenters. The van der Waals surface area contributed by atoms with Gasteiger partial charge in [0.2, 0.25) is 11.0 Å². The van der Waals surface area contributed by atoms with Gasteiger partial charge in [-0.3, -0.25) is 9.52 Å². The molecule has 190 valence electrons. The highest BCUT2D eigenvalue weighted by molar-refractivity contribution is 7.87. The average molecular weight is 539 g/mol. The number of benzene rings is 2. The summed E-state index contributed by atoms with van der Waals surface area (Å²) in [6, 6.07) is 15.3. The Labute approximate surface area is 219 Å². The lowest BCUT2D eigenvalue weighted by Crippen LogP contribution is -2.45. The second kappa shape index (κ2) is 12.1. The van der Waals surface area contributed by atoms with E-state index in [1.54, 1.807) is 12.1 Å². The Morgan fingerprint density at radius 2 is 1.94 bits per heavy atom. The summed E-state index contributed by atoms with van der Waals surface area (Å²) in [7, 11) is -1.50. The molecule has 0 bridgehead atoms. The lowest BCUT2D eigenvalue weighted by molar-refractivity contribution is -0.122. The number of rotatable bonds is 6. The first-order valence-corrected chi connectivity index (χ1v) is 12.7. The summed E-state index contributed by atoms with van der Waals surface area (Å²) in [4.78, 5) is 19.2. The number of aliphatic imine (C=N–C) groups is 1. The van der Waals surface area contributed by atoms with Gasteiger partial charge in [-0.25, -0.2) is 9.20 Å². The zero-order chi connectivity index (χ0) is 24.1. The summed E-state index contributed by atoms with van der Waals surface area (Å²) in [5.74, 6) is -0.0212. The van der Waals surface area contributed by atoms with Crippen LogP contribution in [0.15, 0.2) is 64.6 Å². The topological polar surface area (TPSA) is 136 Å². The first-order valence-electron chi connectivity index (χ1n) is 10.8. The number of nitrogens with one attached hydrogen (secondary N) is 2. The number of halogens is 1. The summed E-state index contributed by atoms with van der Waals surface area (Å²) in [5.41, 5.74) is 7.11. The van der Waals surface area contributed by atoms with Gasteiger partial charge in [0.05, 0.1) is 21.8 Å². The van der Waals surface area contributed by atoms with E-state index in [0.717, 1.165) is 48.9 Å². The Balaban J connectivity index is 0.00000228. The number of anilines is 1. The first kappa shape index (κ1) is 26.6. The maximum Gasteiger partial charge on any atom is 0.240 e. The van der Waals surface area contributed by atoms with Crippen LogP contribution in [0.4, 0.5) is 5.69 Å². The zero-order valence-corrected chi connectivity index (χ0v) is 21.2. The molecule has 2 heterocycles. The number of hydrogen-bond donors (Lipinski definition) is 3. The molecular weight excluding hydrogens is 508 g/mol. The number of hydrogen-bond acceptors (Lipinski definition) is 4. The van der Waals surface area contributed by atoms with Gasteiger partial charge in [0, 0.05) is 39.3 Å². The summed E-state index contributed by atoms with van der Waals surface area (Å²) >= 11 is 11.3. The Morgan fingerprint density at radius 3 is 2.63 bits per heavy atom. The number of fused-ring (bicyclic) bond motifs is 1. The quantitative estimate of drug-likeness (QED) is 0.252. The molecule has 0 radical (unpaired) electrons. The highest BCUT2D eigenvalue weighted by Gasteiger charge is 2.21. The number of carbonyl (C=O) groups is 1. The predicted molar refractivity (Wildman–Crippen MR) is 149 cm³/mol. The Bertz CT molecular complexity index is 1250. The van der Waals surface area contributed by atoms with E-state index in [9.17, 15) is 9.00 Å². The van der Waals surface area contributed by atoms with Gasteiger partial charge >= 0.3 is 0 Å². The second-order valence-corrected chi connectivity index (χ2v) is 9.91. The minimum atomic E-state index is -1.50. The normalized spacial score (nSPS) is 15.1. The maximum absolute atomic E-state index is 12.7. The van der Waals surface area contributed by atoms with E-state index in [1.165, 1.54) is 0 Å². The van der Waals surface area contributed by atoms with E-state index in [2.05, 4.69) is 19.9 Å². The molecule has 9 nitrogen and oxygen atoms in total. The van der Waals surface area contributed by atoms with Crippen molar-refractivity contribution in [1.82, 2.24) is 14.6 Å². The van der Waals surface area contributed by atoms with Gasteiger partial charge in [0.25, 0.3) is 0 Å². The van der Waals surface area contributed by atoms with E-state index in [1.807, 2.05) is 47.2 Å². The second-order valence-electron chi connectivity index (χ2n) is 7.90. The van der Waals surface area contributed by atoms with Crippen molar-refractivity contribution >= 4 is 68.8 Å². The zero-order valence-electron chi connectivity index (χ0n) is 18.8. The molecule has 6 N–H and O–H groups in total. The van der Waals surface area contributed by atoms with Crippen LogP contribution in [-0.4, -0.2) is 50.7 Å². The summed E-state index contributed by atoms with van der Waals surface area (Å²) in [6.07, 6.45) is 4.64. The fourth-order valence-corrected chi connectivity index (χ4v) is 5.36. The maximum atomic E-state index is 12.7. The number of aromatic nitrogens is 1. The van der Waals surface area contributed by atoms with Crippen molar-refractivity contribution in [3.63, 3.8) is 0 Å². The predicted octanol–water partition coefficient (Wildman–Crippen LogP) is 2.63. The highest BCUT2D eigenvalue weighted by Crippen LogP contribution is 2.25. The molecule has 1 aromatic heterocycles. The van der Waals surface area contributed by atoms with Crippen molar-refractivity contribution in [1.29, 1.82) is 0 Å². The summed E-state index contributed by atoms with van der Waals surface area (Å²) in [6.45, 7) is 1.87. The SMILES string of the molecule is NC=NC(=S)NS(=O)c1ccc(N2CCC(NC(=O)Cn3ccc4cccc(Cl)c43)CC2)cc1.O.[HH].[HH]. The number of para-hydroxylation sites is 1. The summed E-state index contributed by atoms with van der Waals surface area (Å²) < 4.78 is 16.8. The molecule has 1 aliphatic rings. The molecule has 1 saturated heterocycles. The van der Waals surface area contributed by atoms with Crippen LogP contribution in [0.5, 0.6) is 0 Å². The molecule has 0 saturated carbocycles. The van der Waals surface area contributed by atoms with E-state index in [4.69, 9.17) is 29.6 Å². The van der Waals surface area contributed by atoms with Gasteiger partial charge in [0.15, 0.2) is 11.0 Å². The van der Waals surface area contributed by atoms with Crippen LogP contribution in [0.1, 0.15) is 15.7 Å². The van der Waals surface area contributed by atoms with Gasteiger partial charge < -0.3 is 26.0 Å². The van der Waals surface area contributed by atoms with Crippen LogP contribution < -0.4 is 20.7 Å². The van der Waals surface area contributed by atoms with Crippen molar-refractivity contribution in [2.45, 2.75) is 30.3 Å². The van der Waals surface area contributed by atoms with Gasteiger partial charge in [-0.05, 0) is 61.5 Å². The molecule has 0 aliphatic carbocycles. The Kier molecular flexibility index (Phi) is 9.21. The third kappa shape index (κ3) is 6.57. The average Bonchev–Trinajstić information content (AvgIpc) is 3.23. The molecule has 2 aromatic carbocycles. The number of nitrogens with two attached hydrogens (primary N) is 1. The highest BCUT2D eigenvalue weighted by atomic mass is 35.5. The van der Waals surface area contributed by atoms with Gasteiger partial charge in [-0.1, -0.05) is 23.7 Å². The molecule has 1 fully saturated rings. The molecule has 35 heavy (non-hydrogen) atoms. The van der Waals surface area contributed by atoms with Crippen LogP contribution in [0.25, 0.3) is 10.9 Å². The van der Waals surface area contributed by atoms with Crippen molar-refractivity contribution in [2.75, 3.05) is 18.0 Å². The molecular formula is C23H31ClN6O3S2. The van der Waals surface area contributed by atoms with Crippen molar-refractivity contribution in [2.24, 2.45) is 10.7 Å². The van der Waals surface area contributed by atoms with Gasteiger partial charge in [0.1, 0.15) is 6.54 Å². The van der Waals surface area contributed by atoms with E-state index < -0.39 is 11.0 Å². The number of nitrogens with zero attached hydrogens (tertiary/aromatic N) is 3. The summed E-state index contributed by atoms with van der Waals surface area (Å²) in [5, 5.41) is 4.89. The van der Waals surface area contributed by atoms with Crippen molar-refractivity contribution in [3.05, 3.63) is 59.8 Å². The van der Waals surface area contributed by atoms with Gasteiger partial charge in [-0.15, -0.1) is 0 Å². The number of carbonyl (C=O) groups excluding carboxylic acids is 1. The lowest BCUT2D eigenvalue weighted by Gasteiger charge is -2.34. The fourth-order valence-electron chi connectivity index (χ4n) is 4.07. The van der Waals surface area contributed by atoms with Crippen LogP contribution in [0.2, 0.25) is 5.02 Å². The number of thiocarbonyl (C=S) groups is 1. The molecule has 4 rings (SSSR count). The smallest absolute Gasteiger partial charge is 0.240 e. The third-order valence-electron chi connectivity index (χ3n) is 5.70. The molecule has 1 unspecified atom stereocenters. The van der Waals surface area contributed by atoms with Crippen LogP contribution >= 0.6 is 23.8 Å². The third-order valence-corrected chi connectivity index (χ3v) is 7.42. The van der Waals surface area contributed by atoms with Crippen LogP contribution in [0, 0.1) is 0 Å². The van der Waals surface area contributed by atoms with Crippen molar-refractivity contribution < 1.29 is 17.3 Å². The number of piperidine rings is 1. The van der Waals surface area contributed by atoms with E-state index >= 15 is 0 Å². The Hall–Kier alpha value is -2.99. The minimum absolute atomic E-state index is 0. The minimum Gasteiger partial charge on any atom is -0.412 e. The molecule has 1 amide bonds. The standard InChI is InChI=1S/C23H25ClN6O2S2.H2O.2H2/c24-20-3-1-2-16-8-11-30(22(16)20)14-21(31)27-17-9-12-29(13-10-17)18-4-6-19(7-5-18)34(32)28-23(33)26-15-25;;;/h1-8,11,15,17H,9-10,12-14H2,(H,27,31)(H3,25,26,28,33);1H2;2*1H. The molecule has 1 aliphatic heterocycles. The molecule has 0 spiro atoms. The largest absolute Gasteiger partial charge is 0.412 e. The first-order chi connectivity index (χ1) is 16.4. The molecule has 3 aromatic rings. The Morgan fingerprint density at radius 1 is 1.23 bits per heavy atom. The van der Waals surface area contributed by atoms with E-state index in [0.29, 0.717) is 9.92 Å². The number of amides is 1. The lowest BCUT2D eigenvalue weighted by atomic mass is 10.0. The van der Waals surface area contributed by atoms with Gasteiger partial charge in [-0.2, -0.15) is 0 Å². The van der Waals surface area contributed by atoms with Crippen molar-refractivity contribution in [3.8, 4) is 0 Å². The molecule has 12 heteroatoms. The fraction of sp³-hybridized carbons (Fsp3) is 0.261. The van der Waals surface area contributed by atoms with Crippen LogP contribution in [0.3, 0.4) is 0 Å². The van der Waals surface area contributed by atoms with E-state index in [-0.39, 0.29) is 31.9 Å². The monoisotopic (exact) mass is 538 g/mol.